The molecular formula is C27H17F3N2O2. The summed E-state index contributed by atoms with van der Waals surface area (Å²) in [5, 5.41) is 5.88. The quantitative estimate of drug-likeness (QED) is 0.316. The van der Waals surface area contributed by atoms with Crippen molar-refractivity contribution in [3.63, 3.8) is 0 Å². The fraction of sp³-hybridized carbons (Fsp3) is 0.0370. The SMILES string of the molecule is O=C1C(=Cc2ccc(-c3cccc(C(F)(F)F)c3)o2)C(c2ccccc2)=NN1c1ccccc1. The Labute approximate surface area is 193 Å². The van der Waals surface area contributed by atoms with Crippen LogP contribution in [-0.2, 0) is 11.0 Å². The van der Waals surface area contributed by atoms with E-state index in [-0.39, 0.29) is 11.7 Å². The van der Waals surface area contributed by atoms with Crippen molar-refractivity contribution in [1.82, 2.24) is 0 Å². The molecule has 0 saturated heterocycles. The van der Waals surface area contributed by atoms with Crippen LogP contribution in [0, 0.1) is 0 Å². The van der Waals surface area contributed by atoms with Crippen LogP contribution in [0.5, 0.6) is 0 Å². The van der Waals surface area contributed by atoms with E-state index in [0.29, 0.717) is 28.3 Å². The summed E-state index contributed by atoms with van der Waals surface area (Å²) < 4.78 is 45.1. The zero-order valence-corrected chi connectivity index (χ0v) is 17.7. The average molecular weight is 458 g/mol. The summed E-state index contributed by atoms with van der Waals surface area (Å²) in [5.41, 5.74) is 1.70. The third-order valence-corrected chi connectivity index (χ3v) is 5.31. The molecule has 1 aliphatic rings. The van der Waals surface area contributed by atoms with E-state index < -0.39 is 11.7 Å². The van der Waals surface area contributed by atoms with Gasteiger partial charge in [-0.1, -0.05) is 60.7 Å². The first-order chi connectivity index (χ1) is 16.4. The van der Waals surface area contributed by atoms with Crippen LogP contribution in [0.25, 0.3) is 17.4 Å². The second-order valence-electron chi connectivity index (χ2n) is 7.61. The molecule has 0 saturated carbocycles. The van der Waals surface area contributed by atoms with Crippen LogP contribution in [0.15, 0.2) is 112 Å². The molecule has 1 amide bonds. The van der Waals surface area contributed by atoms with Gasteiger partial charge in [-0.05, 0) is 42.5 Å². The molecule has 0 spiro atoms. The van der Waals surface area contributed by atoms with Gasteiger partial charge in [0, 0.05) is 11.1 Å². The Bertz CT molecular complexity index is 1400. The maximum Gasteiger partial charge on any atom is 0.416 e. The number of alkyl halides is 3. The topological polar surface area (TPSA) is 45.8 Å². The standard InChI is InChI=1S/C27H17F3N2O2/c28-27(29,30)20-11-7-10-19(16-20)24-15-14-22(34-24)17-23-25(18-8-3-1-4-9-18)31-32(26(23)33)21-12-5-2-6-13-21/h1-17H. The highest BCUT2D eigenvalue weighted by Gasteiger charge is 2.33. The number of rotatable bonds is 4. The Morgan fingerprint density at radius 1 is 0.794 bits per heavy atom. The van der Waals surface area contributed by atoms with Crippen molar-refractivity contribution in [2.24, 2.45) is 5.10 Å². The number of hydrogen-bond acceptors (Lipinski definition) is 3. The van der Waals surface area contributed by atoms with E-state index in [2.05, 4.69) is 5.10 Å². The zero-order chi connectivity index (χ0) is 23.7. The van der Waals surface area contributed by atoms with Crippen molar-refractivity contribution < 1.29 is 22.4 Å². The zero-order valence-electron chi connectivity index (χ0n) is 17.7. The summed E-state index contributed by atoms with van der Waals surface area (Å²) in [7, 11) is 0. The fourth-order valence-electron chi connectivity index (χ4n) is 3.67. The van der Waals surface area contributed by atoms with Gasteiger partial charge in [0.2, 0.25) is 0 Å². The van der Waals surface area contributed by atoms with Crippen LogP contribution >= 0.6 is 0 Å². The van der Waals surface area contributed by atoms with Crippen LogP contribution in [-0.4, -0.2) is 11.6 Å². The molecule has 4 aromatic rings. The van der Waals surface area contributed by atoms with E-state index in [1.54, 1.807) is 36.4 Å². The molecule has 5 rings (SSSR count). The summed E-state index contributed by atoms with van der Waals surface area (Å²) in [6, 6.07) is 26.4. The van der Waals surface area contributed by atoms with E-state index in [1.165, 1.54) is 11.1 Å². The molecule has 0 unspecified atom stereocenters. The Morgan fingerprint density at radius 2 is 1.47 bits per heavy atom. The highest BCUT2D eigenvalue weighted by Crippen LogP contribution is 2.33. The van der Waals surface area contributed by atoms with E-state index in [0.717, 1.165) is 17.7 Å². The van der Waals surface area contributed by atoms with Crippen LogP contribution in [0.3, 0.4) is 0 Å². The van der Waals surface area contributed by atoms with Gasteiger partial charge in [0.1, 0.15) is 17.2 Å². The minimum atomic E-state index is -4.45. The van der Waals surface area contributed by atoms with Gasteiger partial charge in [0.05, 0.1) is 16.8 Å². The Balaban J connectivity index is 1.53. The highest BCUT2D eigenvalue weighted by molar-refractivity contribution is 6.37. The number of para-hydroxylation sites is 1. The lowest BCUT2D eigenvalue weighted by Crippen LogP contribution is -2.21. The summed E-state index contributed by atoms with van der Waals surface area (Å²) in [4.78, 5) is 13.3. The Hall–Kier alpha value is -4.39. The van der Waals surface area contributed by atoms with Crippen molar-refractivity contribution in [3.05, 3.63) is 120 Å². The number of anilines is 1. The smallest absolute Gasteiger partial charge is 0.416 e. The number of nitrogens with zero attached hydrogens (tertiary/aromatic N) is 2. The van der Waals surface area contributed by atoms with Crippen molar-refractivity contribution in [2.45, 2.75) is 6.18 Å². The summed E-state index contributed by atoms with van der Waals surface area (Å²) in [6.45, 7) is 0. The molecule has 0 aliphatic carbocycles. The van der Waals surface area contributed by atoms with E-state index in [9.17, 15) is 18.0 Å². The minimum absolute atomic E-state index is 0.265. The lowest BCUT2D eigenvalue weighted by Gasteiger charge is -2.10. The molecule has 3 aromatic carbocycles. The maximum absolute atomic E-state index is 13.3. The number of halogens is 3. The Morgan fingerprint density at radius 3 is 2.18 bits per heavy atom. The number of furan rings is 1. The molecule has 0 fully saturated rings. The number of amides is 1. The van der Waals surface area contributed by atoms with Gasteiger partial charge in [0.25, 0.3) is 5.91 Å². The van der Waals surface area contributed by atoms with Crippen LogP contribution in [0.2, 0.25) is 0 Å². The second kappa shape index (κ2) is 8.51. The van der Waals surface area contributed by atoms with E-state index >= 15 is 0 Å². The highest BCUT2D eigenvalue weighted by atomic mass is 19.4. The minimum Gasteiger partial charge on any atom is -0.457 e. The van der Waals surface area contributed by atoms with Crippen molar-refractivity contribution in [3.8, 4) is 11.3 Å². The van der Waals surface area contributed by atoms with Crippen molar-refractivity contribution in [1.29, 1.82) is 0 Å². The first kappa shape index (κ1) is 21.5. The van der Waals surface area contributed by atoms with Crippen molar-refractivity contribution >= 4 is 23.4 Å². The normalized spacial score (nSPS) is 15.1. The molecule has 0 N–H and O–H groups in total. The molecule has 168 valence electrons. The average Bonchev–Trinajstić information content (AvgIpc) is 3.45. The van der Waals surface area contributed by atoms with Gasteiger partial charge < -0.3 is 4.42 Å². The number of carbonyl (C=O) groups is 1. The monoisotopic (exact) mass is 458 g/mol. The molecule has 1 aliphatic heterocycles. The first-order valence-electron chi connectivity index (χ1n) is 10.4. The number of benzene rings is 3. The van der Waals surface area contributed by atoms with Crippen LogP contribution in [0.4, 0.5) is 18.9 Å². The van der Waals surface area contributed by atoms with Gasteiger partial charge in [-0.25, -0.2) is 0 Å². The third-order valence-electron chi connectivity index (χ3n) is 5.31. The molecular weight excluding hydrogens is 441 g/mol. The van der Waals surface area contributed by atoms with E-state index in [1.807, 2.05) is 48.5 Å². The molecule has 0 radical (unpaired) electrons. The van der Waals surface area contributed by atoms with Gasteiger partial charge in [-0.15, -0.1) is 0 Å². The summed E-state index contributed by atoms with van der Waals surface area (Å²) >= 11 is 0. The molecule has 7 heteroatoms. The largest absolute Gasteiger partial charge is 0.457 e. The Kier molecular flexibility index (Phi) is 5.37. The van der Waals surface area contributed by atoms with Crippen molar-refractivity contribution in [2.75, 3.05) is 5.01 Å². The first-order valence-corrected chi connectivity index (χ1v) is 10.4. The fourth-order valence-corrected chi connectivity index (χ4v) is 3.67. The van der Waals surface area contributed by atoms with E-state index in [4.69, 9.17) is 4.42 Å². The maximum atomic E-state index is 13.3. The number of carbonyl (C=O) groups excluding carboxylic acids is 1. The molecule has 34 heavy (non-hydrogen) atoms. The predicted octanol–water partition coefficient (Wildman–Crippen LogP) is 6.80. The van der Waals surface area contributed by atoms with Gasteiger partial charge in [-0.3, -0.25) is 4.79 Å². The van der Waals surface area contributed by atoms with Gasteiger partial charge in [-0.2, -0.15) is 23.3 Å². The number of hydrogen-bond donors (Lipinski definition) is 0. The molecule has 1 aromatic heterocycles. The van der Waals surface area contributed by atoms with Crippen LogP contribution < -0.4 is 5.01 Å². The molecule has 0 bridgehead atoms. The van der Waals surface area contributed by atoms with Gasteiger partial charge >= 0.3 is 6.18 Å². The number of hydrazone groups is 1. The second-order valence-corrected chi connectivity index (χ2v) is 7.61. The molecule has 2 heterocycles. The van der Waals surface area contributed by atoms with Crippen LogP contribution in [0.1, 0.15) is 16.9 Å². The lowest BCUT2D eigenvalue weighted by atomic mass is 10.0. The molecule has 4 nitrogen and oxygen atoms in total. The lowest BCUT2D eigenvalue weighted by molar-refractivity contribution is -0.137. The summed E-state index contributed by atoms with van der Waals surface area (Å²) in [6.07, 6.45) is -2.89. The predicted molar refractivity (Wildman–Crippen MR) is 124 cm³/mol. The molecule has 0 atom stereocenters. The summed E-state index contributed by atoms with van der Waals surface area (Å²) in [5.74, 6) is 0.262. The van der Waals surface area contributed by atoms with Gasteiger partial charge in [0.15, 0.2) is 0 Å². The third kappa shape index (κ3) is 4.15.